The Balaban J connectivity index is 2.08. The molecule has 0 bridgehead atoms. The second-order valence-electron chi connectivity index (χ2n) is 6.73. The highest BCUT2D eigenvalue weighted by Crippen LogP contribution is 2.22. The van der Waals surface area contributed by atoms with Gasteiger partial charge >= 0.3 is 5.97 Å². The molecule has 0 aliphatic carbocycles. The van der Waals surface area contributed by atoms with E-state index in [0.717, 1.165) is 0 Å². The number of piperidine rings is 1. The number of carbonyl (C=O) groups is 3. The lowest BCUT2D eigenvalue weighted by Gasteiger charge is -2.36. The molecule has 1 unspecified atom stereocenters. The first-order chi connectivity index (χ1) is 12.3. The van der Waals surface area contributed by atoms with Crippen LogP contribution >= 0.6 is 0 Å². The van der Waals surface area contributed by atoms with Crippen LogP contribution in [-0.2, 0) is 14.3 Å². The summed E-state index contributed by atoms with van der Waals surface area (Å²) in [5, 5.41) is 0. The average Bonchev–Trinajstić information content (AvgIpc) is 2.65. The van der Waals surface area contributed by atoms with Crippen molar-refractivity contribution in [2.24, 2.45) is 5.92 Å². The van der Waals surface area contributed by atoms with Crippen molar-refractivity contribution in [3.8, 4) is 0 Å². The highest BCUT2D eigenvalue weighted by atomic mass is 19.1. The number of hydrogen-bond donors (Lipinski definition) is 0. The fourth-order valence-electron chi connectivity index (χ4n) is 3.09. The minimum atomic E-state index is -0.470. The molecule has 6 nitrogen and oxygen atoms in total. The van der Waals surface area contributed by atoms with Gasteiger partial charge in [-0.3, -0.25) is 14.4 Å². The van der Waals surface area contributed by atoms with Gasteiger partial charge in [0.25, 0.3) is 5.91 Å². The van der Waals surface area contributed by atoms with E-state index in [2.05, 4.69) is 4.74 Å². The lowest BCUT2D eigenvalue weighted by molar-refractivity contribution is -0.150. The Labute approximate surface area is 152 Å². The van der Waals surface area contributed by atoms with Crippen molar-refractivity contribution in [2.45, 2.75) is 32.7 Å². The number of hydrogen-bond acceptors (Lipinski definition) is 4. The standard InChI is InChI=1S/C19H25FN2O4/c1-13(2)22(12-17(23)26-3)19(25)15-5-4-10-21(11-15)18(24)14-6-8-16(20)9-7-14/h6-9,13,15H,4-5,10-12H2,1-3H3. The summed E-state index contributed by atoms with van der Waals surface area (Å²) >= 11 is 0. The highest BCUT2D eigenvalue weighted by molar-refractivity contribution is 5.94. The largest absolute Gasteiger partial charge is 0.468 e. The summed E-state index contributed by atoms with van der Waals surface area (Å²) in [5.74, 6) is -1.60. The van der Waals surface area contributed by atoms with Crippen molar-refractivity contribution in [3.05, 3.63) is 35.6 Å². The molecule has 1 aromatic carbocycles. The second-order valence-corrected chi connectivity index (χ2v) is 6.73. The van der Waals surface area contributed by atoms with Crippen molar-refractivity contribution in [1.82, 2.24) is 9.80 Å². The lowest BCUT2D eigenvalue weighted by atomic mass is 9.95. The smallest absolute Gasteiger partial charge is 0.325 e. The summed E-state index contributed by atoms with van der Waals surface area (Å²) in [6.07, 6.45) is 1.37. The molecule has 142 valence electrons. The summed E-state index contributed by atoms with van der Waals surface area (Å²) in [4.78, 5) is 40.2. The van der Waals surface area contributed by atoms with Crippen LogP contribution < -0.4 is 0 Å². The van der Waals surface area contributed by atoms with Crippen molar-refractivity contribution in [2.75, 3.05) is 26.7 Å². The molecule has 1 fully saturated rings. The van der Waals surface area contributed by atoms with E-state index in [4.69, 9.17) is 0 Å². The van der Waals surface area contributed by atoms with Gasteiger partial charge in [0.2, 0.25) is 5.91 Å². The summed E-state index contributed by atoms with van der Waals surface area (Å²) < 4.78 is 17.7. The van der Waals surface area contributed by atoms with Gasteiger partial charge in [0, 0.05) is 24.7 Å². The van der Waals surface area contributed by atoms with Crippen LogP contribution in [0.25, 0.3) is 0 Å². The molecule has 0 radical (unpaired) electrons. The van der Waals surface area contributed by atoms with Crippen LogP contribution in [-0.4, -0.2) is 60.4 Å². The van der Waals surface area contributed by atoms with Crippen molar-refractivity contribution < 1.29 is 23.5 Å². The minimum Gasteiger partial charge on any atom is -0.468 e. The van der Waals surface area contributed by atoms with E-state index in [9.17, 15) is 18.8 Å². The van der Waals surface area contributed by atoms with Crippen LogP contribution in [0, 0.1) is 11.7 Å². The number of ether oxygens (including phenoxy) is 1. The lowest BCUT2D eigenvalue weighted by Crippen LogP contribution is -2.50. The second kappa shape index (κ2) is 8.78. The number of carbonyl (C=O) groups excluding carboxylic acids is 3. The van der Waals surface area contributed by atoms with Crippen LogP contribution in [0.3, 0.4) is 0 Å². The molecule has 0 aromatic heterocycles. The predicted octanol–water partition coefficient (Wildman–Crippen LogP) is 2.09. The Morgan fingerprint density at radius 1 is 1.27 bits per heavy atom. The molecule has 1 atom stereocenters. The first kappa shape index (κ1) is 19.9. The van der Waals surface area contributed by atoms with E-state index in [-0.39, 0.29) is 30.3 Å². The van der Waals surface area contributed by atoms with Gasteiger partial charge in [0.15, 0.2) is 0 Å². The first-order valence-electron chi connectivity index (χ1n) is 8.75. The molecule has 0 saturated carbocycles. The SMILES string of the molecule is COC(=O)CN(C(=O)C1CCCN(C(=O)c2ccc(F)cc2)C1)C(C)C. The quantitative estimate of drug-likeness (QED) is 0.751. The van der Waals surface area contributed by atoms with E-state index in [1.54, 1.807) is 4.90 Å². The Morgan fingerprint density at radius 2 is 1.92 bits per heavy atom. The molecule has 2 rings (SSSR count). The first-order valence-corrected chi connectivity index (χ1v) is 8.75. The predicted molar refractivity (Wildman–Crippen MR) is 93.9 cm³/mol. The Hall–Kier alpha value is -2.44. The van der Waals surface area contributed by atoms with Crippen molar-refractivity contribution in [3.63, 3.8) is 0 Å². The Kier molecular flexibility index (Phi) is 6.71. The third-order valence-electron chi connectivity index (χ3n) is 4.58. The monoisotopic (exact) mass is 364 g/mol. The van der Waals surface area contributed by atoms with Crippen LogP contribution in [0.2, 0.25) is 0 Å². The van der Waals surface area contributed by atoms with Crippen LogP contribution in [0.15, 0.2) is 24.3 Å². The zero-order valence-corrected chi connectivity index (χ0v) is 15.4. The van der Waals surface area contributed by atoms with Gasteiger partial charge in [-0.05, 0) is 51.0 Å². The van der Waals surface area contributed by atoms with E-state index in [1.807, 2.05) is 13.8 Å². The summed E-state index contributed by atoms with van der Waals surface area (Å²) in [6.45, 7) is 4.42. The molecular formula is C19H25FN2O4. The molecular weight excluding hydrogens is 339 g/mol. The molecule has 0 N–H and O–H groups in total. The van der Waals surface area contributed by atoms with Gasteiger partial charge in [0.05, 0.1) is 13.0 Å². The third-order valence-corrected chi connectivity index (χ3v) is 4.58. The summed E-state index contributed by atoms with van der Waals surface area (Å²) in [5.41, 5.74) is 0.398. The van der Waals surface area contributed by atoms with E-state index >= 15 is 0 Å². The molecule has 1 aromatic rings. The fourth-order valence-corrected chi connectivity index (χ4v) is 3.09. The summed E-state index contributed by atoms with van der Waals surface area (Å²) in [7, 11) is 1.29. The number of benzene rings is 1. The Bertz CT molecular complexity index is 660. The number of esters is 1. The van der Waals surface area contributed by atoms with Gasteiger partial charge in [-0.25, -0.2) is 4.39 Å². The number of halogens is 1. The number of nitrogens with zero attached hydrogens (tertiary/aromatic N) is 2. The molecule has 1 aliphatic heterocycles. The fraction of sp³-hybridized carbons (Fsp3) is 0.526. The molecule has 1 aliphatic rings. The van der Waals surface area contributed by atoms with E-state index < -0.39 is 11.8 Å². The number of likely N-dealkylation sites (tertiary alicyclic amines) is 1. The molecule has 26 heavy (non-hydrogen) atoms. The third kappa shape index (κ3) is 4.80. The average molecular weight is 364 g/mol. The normalized spacial score (nSPS) is 17.1. The molecule has 1 saturated heterocycles. The van der Waals surface area contributed by atoms with Crippen LogP contribution in [0.4, 0.5) is 4.39 Å². The maximum Gasteiger partial charge on any atom is 0.325 e. The topological polar surface area (TPSA) is 66.9 Å². The zero-order valence-electron chi connectivity index (χ0n) is 15.4. The Morgan fingerprint density at radius 3 is 2.50 bits per heavy atom. The summed E-state index contributed by atoms with van der Waals surface area (Å²) in [6, 6.07) is 5.24. The highest BCUT2D eigenvalue weighted by Gasteiger charge is 2.33. The van der Waals surface area contributed by atoms with Crippen LogP contribution in [0.5, 0.6) is 0 Å². The maximum absolute atomic E-state index is 13.0. The van der Waals surface area contributed by atoms with E-state index in [0.29, 0.717) is 31.5 Å². The minimum absolute atomic E-state index is 0.102. The van der Waals surface area contributed by atoms with Crippen molar-refractivity contribution >= 4 is 17.8 Å². The number of methoxy groups -OCH3 is 1. The van der Waals surface area contributed by atoms with Crippen LogP contribution in [0.1, 0.15) is 37.0 Å². The maximum atomic E-state index is 13.0. The zero-order chi connectivity index (χ0) is 19.3. The number of amides is 2. The molecule has 7 heteroatoms. The number of rotatable bonds is 5. The van der Waals surface area contributed by atoms with Gasteiger partial charge in [-0.2, -0.15) is 0 Å². The molecule has 1 heterocycles. The van der Waals surface area contributed by atoms with Crippen molar-refractivity contribution in [1.29, 1.82) is 0 Å². The van der Waals surface area contributed by atoms with Gasteiger partial charge in [0.1, 0.15) is 12.4 Å². The molecule has 2 amide bonds. The van der Waals surface area contributed by atoms with Gasteiger partial charge in [-0.15, -0.1) is 0 Å². The molecule has 0 spiro atoms. The van der Waals surface area contributed by atoms with Gasteiger partial charge < -0.3 is 14.5 Å². The van der Waals surface area contributed by atoms with E-state index in [1.165, 1.54) is 36.3 Å². The van der Waals surface area contributed by atoms with Gasteiger partial charge in [-0.1, -0.05) is 0 Å².